The van der Waals surface area contributed by atoms with Crippen molar-refractivity contribution in [1.29, 1.82) is 0 Å². The highest BCUT2D eigenvalue weighted by Crippen LogP contribution is 2.20. The van der Waals surface area contributed by atoms with Gasteiger partial charge in [-0.05, 0) is 34.9 Å². The molecule has 0 aliphatic rings. The van der Waals surface area contributed by atoms with Gasteiger partial charge in [0.1, 0.15) is 0 Å². The van der Waals surface area contributed by atoms with Gasteiger partial charge in [0.15, 0.2) is 0 Å². The Balaban J connectivity index is 2.09. The molecule has 0 saturated carbocycles. The summed E-state index contributed by atoms with van der Waals surface area (Å²) in [5.74, 6) is 0. The molecule has 0 spiro atoms. The number of thiophene rings is 1. The fourth-order valence-corrected chi connectivity index (χ4v) is 2.41. The molecule has 1 unspecified atom stereocenters. The van der Waals surface area contributed by atoms with Crippen LogP contribution in [0, 0.1) is 0 Å². The first-order valence-corrected chi connectivity index (χ1v) is 6.61. The molecule has 2 aromatic rings. The highest BCUT2D eigenvalue weighted by molar-refractivity contribution is 7.07. The first-order chi connectivity index (χ1) is 8.24. The number of hydrogen-bond donors (Lipinski definition) is 2. The lowest BCUT2D eigenvalue weighted by molar-refractivity contribution is 0.173. The van der Waals surface area contributed by atoms with Gasteiger partial charge in [-0.15, -0.1) is 0 Å². The molecule has 1 aromatic heterocycles. The van der Waals surface area contributed by atoms with Crippen molar-refractivity contribution in [3.05, 3.63) is 58.3 Å². The van der Waals surface area contributed by atoms with Crippen molar-refractivity contribution in [2.45, 2.75) is 19.0 Å². The third-order valence-electron chi connectivity index (χ3n) is 2.99. The monoisotopic (exact) mass is 247 g/mol. The van der Waals surface area contributed by atoms with Gasteiger partial charge in [0.25, 0.3) is 0 Å². The Bertz CT molecular complexity index is 441. The fraction of sp³-hybridized carbons (Fsp3) is 0.286. The third kappa shape index (κ3) is 2.94. The molecule has 1 atom stereocenters. The Morgan fingerprint density at radius 2 is 2.00 bits per heavy atom. The lowest BCUT2D eigenvalue weighted by Crippen LogP contribution is -2.42. The summed E-state index contributed by atoms with van der Waals surface area (Å²) >= 11 is 1.69. The molecule has 2 rings (SSSR count). The summed E-state index contributed by atoms with van der Waals surface area (Å²) in [4.78, 5) is 0. The minimum absolute atomic E-state index is 0.0845. The van der Waals surface area contributed by atoms with Crippen LogP contribution in [0.15, 0.2) is 47.2 Å². The summed E-state index contributed by atoms with van der Waals surface area (Å²) in [7, 11) is 0. The smallest absolute Gasteiger partial charge is 0.0652 e. The largest absolute Gasteiger partial charge is 0.394 e. The Labute approximate surface area is 106 Å². The lowest BCUT2D eigenvalue weighted by atomic mass is 9.93. The van der Waals surface area contributed by atoms with Crippen LogP contribution in [0.3, 0.4) is 0 Å². The van der Waals surface area contributed by atoms with Crippen molar-refractivity contribution in [2.75, 3.05) is 6.61 Å². The molecule has 0 amide bonds. The predicted octanol–water partition coefficient (Wildman–Crippen LogP) is 2.75. The zero-order valence-corrected chi connectivity index (χ0v) is 10.7. The summed E-state index contributed by atoms with van der Waals surface area (Å²) in [5, 5.41) is 17.2. The van der Waals surface area contributed by atoms with Crippen LogP contribution in [0.1, 0.15) is 18.1 Å². The molecular formula is C14H17NOS. The molecule has 3 heteroatoms. The second-order valence-corrected chi connectivity index (χ2v) is 5.12. The zero-order valence-electron chi connectivity index (χ0n) is 9.89. The molecule has 1 heterocycles. The Morgan fingerprint density at radius 1 is 1.24 bits per heavy atom. The molecule has 0 aliphatic carbocycles. The third-order valence-corrected chi connectivity index (χ3v) is 3.72. The number of aliphatic hydroxyl groups excluding tert-OH is 1. The van der Waals surface area contributed by atoms with Crippen molar-refractivity contribution in [1.82, 2.24) is 5.32 Å². The van der Waals surface area contributed by atoms with E-state index in [9.17, 15) is 5.11 Å². The normalized spacial score (nSPS) is 14.5. The predicted molar refractivity (Wildman–Crippen MR) is 72.0 cm³/mol. The van der Waals surface area contributed by atoms with E-state index in [1.165, 1.54) is 5.56 Å². The van der Waals surface area contributed by atoms with Gasteiger partial charge in [0, 0.05) is 6.54 Å². The van der Waals surface area contributed by atoms with Gasteiger partial charge in [-0.3, -0.25) is 0 Å². The van der Waals surface area contributed by atoms with Crippen molar-refractivity contribution in [2.24, 2.45) is 0 Å². The summed E-state index contributed by atoms with van der Waals surface area (Å²) in [6.45, 7) is 2.88. The van der Waals surface area contributed by atoms with Crippen LogP contribution < -0.4 is 5.32 Å². The lowest BCUT2D eigenvalue weighted by Gasteiger charge is -2.29. The maximum absolute atomic E-state index is 9.61. The summed E-state index contributed by atoms with van der Waals surface area (Å²) < 4.78 is 0. The van der Waals surface area contributed by atoms with E-state index < -0.39 is 0 Å². The fourth-order valence-electron chi connectivity index (χ4n) is 1.75. The molecule has 0 saturated heterocycles. The topological polar surface area (TPSA) is 32.3 Å². The SMILES string of the molecule is CC(CO)(NCc1ccsc1)c1ccccc1. The highest BCUT2D eigenvalue weighted by Gasteiger charge is 2.24. The van der Waals surface area contributed by atoms with E-state index in [0.717, 1.165) is 12.1 Å². The standard InChI is InChI=1S/C14H17NOS/c1-14(11-16,13-5-3-2-4-6-13)15-9-12-7-8-17-10-12/h2-8,10,15-16H,9,11H2,1H3. The Morgan fingerprint density at radius 3 is 2.59 bits per heavy atom. The van der Waals surface area contributed by atoms with Gasteiger partial charge in [0.2, 0.25) is 0 Å². The van der Waals surface area contributed by atoms with Crippen molar-refractivity contribution >= 4 is 11.3 Å². The van der Waals surface area contributed by atoms with Gasteiger partial charge in [-0.25, -0.2) is 0 Å². The van der Waals surface area contributed by atoms with Gasteiger partial charge < -0.3 is 10.4 Å². The number of hydrogen-bond acceptors (Lipinski definition) is 3. The van der Waals surface area contributed by atoms with E-state index in [-0.39, 0.29) is 12.1 Å². The van der Waals surface area contributed by atoms with E-state index in [4.69, 9.17) is 0 Å². The summed E-state index contributed by atoms with van der Waals surface area (Å²) in [6, 6.07) is 12.2. The average Bonchev–Trinajstić information content (AvgIpc) is 2.90. The molecule has 0 aliphatic heterocycles. The van der Waals surface area contributed by atoms with Gasteiger partial charge in [-0.1, -0.05) is 30.3 Å². The second kappa shape index (κ2) is 5.45. The minimum Gasteiger partial charge on any atom is -0.394 e. The van der Waals surface area contributed by atoms with E-state index in [2.05, 4.69) is 22.1 Å². The van der Waals surface area contributed by atoms with Crippen molar-refractivity contribution in [3.8, 4) is 0 Å². The Hall–Kier alpha value is -1.16. The maximum atomic E-state index is 9.61. The molecule has 1 aromatic carbocycles. The van der Waals surface area contributed by atoms with E-state index in [1.807, 2.05) is 37.3 Å². The summed E-state index contributed by atoms with van der Waals surface area (Å²) in [5.41, 5.74) is 1.98. The Kier molecular flexibility index (Phi) is 3.94. The van der Waals surface area contributed by atoms with Crippen LogP contribution >= 0.6 is 11.3 Å². The average molecular weight is 247 g/mol. The maximum Gasteiger partial charge on any atom is 0.0652 e. The summed E-state index contributed by atoms with van der Waals surface area (Å²) in [6.07, 6.45) is 0. The molecule has 90 valence electrons. The number of nitrogens with one attached hydrogen (secondary N) is 1. The first kappa shape index (κ1) is 12.3. The van der Waals surface area contributed by atoms with Crippen molar-refractivity contribution < 1.29 is 5.11 Å². The van der Waals surface area contributed by atoms with Gasteiger partial charge in [-0.2, -0.15) is 11.3 Å². The van der Waals surface area contributed by atoms with Crippen molar-refractivity contribution in [3.63, 3.8) is 0 Å². The molecule has 17 heavy (non-hydrogen) atoms. The highest BCUT2D eigenvalue weighted by atomic mass is 32.1. The molecule has 0 radical (unpaired) electrons. The number of benzene rings is 1. The molecule has 0 fully saturated rings. The minimum atomic E-state index is -0.386. The van der Waals surface area contributed by atoms with Crippen LogP contribution in [0.4, 0.5) is 0 Å². The van der Waals surface area contributed by atoms with Crippen LogP contribution in [0.25, 0.3) is 0 Å². The molecule has 2 N–H and O–H groups in total. The molecule has 2 nitrogen and oxygen atoms in total. The van der Waals surface area contributed by atoms with E-state index in [1.54, 1.807) is 11.3 Å². The molecular weight excluding hydrogens is 230 g/mol. The van der Waals surface area contributed by atoms with E-state index in [0.29, 0.717) is 0 Å². The van der Waals surface area contributed by atoms with Crippen LogP contribution in [0.2, 0.25) is 0 Å². The zero-order chi connectivity index (χ0) is 12.1. The van der Waals surface area contributed by atoms with Gasteiger partial charge in [0.05, 0.1) is 12.1 Å². The van der Waals surface area contributed by atoms with Gasteiger partial charge >= 0.3 is 0 Å². The van der Waals surface area contributed by atoms with Crippen LogP contribution in [-0.2, 0) is 12.1 Å². The van der Waals surface area contributed by atoms with Crippen LogP contribution in [0.5, 0.6) is 0 Å². The second-order valence-electron chi connectivity index (χ2n) is 4.34. The quantitative estimate of drug-likeness (QED) is 0.851. The van der Waals surface area contributed by atoms with E-state index >= 15 is 0 Å². The first-order valence-electron chi connectivity index (χ1n) is 5.67. The molecule has 0 bridgehead atoms. The number of rotatable bonds is 5. The van der Waals surface area contributed by atoms with Crippen LogP contribution in [-0.4, -0.2) is 11.7 Å². The number of aliphatic hydroxyl groups is 1.